The Bertz CT molecular complexity index is 846. The van der Waals surface area contributed by atoms with E-state index in [1.54, 1.807) is 30.3 Å². The minimum absolute atomic E-state index is 0.0633. The molecule has 132 valence electrons. The lowest BCUT2D eigenvalue weighted by Crippen LogP contribution is -2.37. The molecule has 0 aromatic heterocycles. The molecule has 2 N–H and O–H groups in total. The molecule has 0 saturated carbocycles. The van der Waals surface area contributed by atoms with Gasteiger partial charge in [-0.3, -0.25) is 19.7 Å². The molecule has 0 heterocycles. The molecule has 1 unspecified atom stereocenters. The van der Waals surface area contributed by atoms with Gasteiger partial charge in [-0.15, -0.1) is 0 Å². The molecule has 8 nitrogen and oxygen atoms in total. The van der Waals surface area contributed by atoms with Crippen LogP contribution < -0.4 is 10.6 Å². The average Bonchev–Trinajstić information content (AvgIpc) is 2.67. The third-order valence-electron chi connectivity index (χ3n) is 3.67. The Kier molecular flexibility index (Phi) is 6.40. The molecular formula is C18H16N4O4. The highest BCUT2D eigenvalue weighted by Gasteiger charge is 2.24. The van der Waals surface area contributed by atoms with E-state index in [-0.39, 0.29) is 24.3 Å². The fourth-order valence-corrected chi connectivity index (χ4v) is 2.41. The normalized spacial score (nSPS) is 11.0. The Morgan fingerprint density at radius 2 is 1.73 bits per heavy atom. The van der Waals surface area contributed by atoms with Gasteiger partial charge in [0.05, 0.1) is 16.9 Å². The summed E-state index contributed by atoms with van der Waals surface area (Å²) >= 11 is 0. The average molecular weight is 352 g/mol. The maximum absolute atomic E-state index is 12.3. The Labute approximate surface area is 149 Å². The van der Waals surface area contributed by atoms with E-state index in [0.717, 1.165) is 0 Å². The highest BCUT2D eigenvalue weighted by atomic mass is 16.6. The molecule has 0 fully saturated rings. The first-order valence-corrected chi connectivity index (χ1v) is 7.75. The standard InChI is InChI=1S/C18H16N4O4/c19-10-11-20-18(24)15(13-6-2-1-3-7-13)12-21-17(23)14-8-4-5-9-16(14)22(25)26/h1-9,15H,11-12H2,(H,20,24)(H,21,23). The molecule has 1 atom stereocenters. The molecule has 0 aliphatic heterocycles. The summed E-state index contributed by atoms with van der Waals surface area (Å²) in [5.41, 5.74) is 0.266. The molecule has 0 radical (unpaired) electrons. The molecule has 0 aliphatic carbocycles. The lowest BCUT2D eigenvalue weighted by Gasteiger charge is -2.17. The first kappa shape index (κ1) is 18.6. The maximum Gasteiger partial charge on any atom is 0.282 e. The van der Waals surface area contributed by atoms with Crippen LogP contribution in [0.1, 0.15) is 21.8 Å². The first-order valence-electron chi connectivity index (χ1n) is 7.75. The zero-order chi connectivity index (χ0) is 18.9. The summed E-state index contributed by atoms with van der Waals surface area (Å²) in [5.74, 6) is -1.79. The van der Waals surface area contributed by atoms with Gasteiger partial charge in [-0.05, 0) is 11.6 Å². The number of hydrogen-bond acceptors (Lipinski definition) is 5. The van der Waals surface area contributed by atoms with Crippen LogP contribution in [-0.4, -0.2) is 29.8 Å². The van der Waals surface area contributed by atoms with Crippen LogP contribution in [0.25, 0.3) is 0 Å². The van der Waals surface area contributed by atoms with Crippen LogP contribution in [-0.2, 0) is 4.79 Å². The number of nitrogens with zero attached hydrogens (tertiary/aromatic N) is 2. The number of nitro groups is 1. The van der Waals surface area contributed by atoms with Gasteiger partial charge in [0.15, 0.2) is 0 Å². The van der Waals surface area contributed by atoms with E-state index >= 15 is 0 Å². The van der Waals surface area contributed by atoms with Crippen LogP contribution in [0.15, 0.2) is 54.6 Å². The maximum atomic E-state index is 12.3. The number of para-hydroxylation sites is 1. The van der Waals surface area contributed by atoms with Gasteiger partial charge < -0.3 is 10.6 Å². The van der Waals surface area contributed by atoms with E-state index in [9.17, 15) is 19.7 Å². The fourth-order valence-electron chi connectivity index (χ4n) is 2.41. The van der Waals surface area contributed by atoms with Crippen LogP contribution >= 0.6 is 0 Å². The van der Waals surface area contributed by atoms with Gasteiger partial charge >= 0.3 is 0 Å². The summed E-state index contributed by atoms with van der Waals surface area (Å²) in [6.07, 6.45) is 0. The second-order valence-corrected chi connectivity index (χ2v) is 5.32. The van der Waals surface area contributed by atoms with Crippen molar-refractivity contribution < 1.29 is 14.5 Å². The van der Waals surface area contributed by atoms with Crippen LogP contribution in [0, 0.1) is 21.4 Å². The highest BCUT2D eigenvalue weighted by Crippen LogP contribution is 2.19. The smallest absolute Gasteiger partial charge is 0.282 e. The Balaban J connectivity index is 2.17. The Morgan fingerprint density at radius 3 is 2.38 bits per heavy atom. The van der Waals surface area contributed by atoms with Crippen molar-refractivity contribution in [3.63, 3.8) is 0 Å². The van der Waals surface area contributed by atoms with Crippen molar-refractivity contribution in [2.75, 3.05) is 13.1 Å². The van der Waals surface area contributed by atoms with Crippen molar-refractivity contribution in [2.45, 2.75) is 5.92 Å². The number of rotatable bonds is 7. The summed E-state index contributed by atoms with van der Waals surface area (Å²) in [6, 6.07) is 16.2. The van der Waals surface area contributed by atoms with Crippen LogP contribution in [0.5, 0.6) is 0 Å². The number of carbonyl (C=O) groups is 2. The van der Waals surface area contributed by atoms with Gasteiger partial charge in [-0.2, -0.15) is 5.26 Å². The summed E-state index contributed by atoms with van der Waals surface area (Å²) in [6.45, 7) is -0.216. The highest BCUT2D eigenvalue weighted by molar-refractivity contribution is 5.98. The molecule has 8 heteroatoms. The number of nitriles is 1. The molecule has 2 aromatic carbocycles. The number of nitrogens with one attached hydrogen (secondary N) is 2. The topological polar surface area (TPSA) is 125 Å². The monoisotopic (exact) mass is 352 g/mol. The van der Waals surface area contributed by atoms with Crippen molar-refractivity contribution in [2.24, 2.45) is 0 Å². The van der Waals surface area contributed by atoms with E-state index in [2.05, 4.69) is 10.6 Å². The summed E-state index contributed by atoms with van der Waals surface area (Å²) in [7, 11) is 0. The van der Waals surface area contributed by atoms with Gasteiger partial charge in [0.2, 0.25) is 5.91 Å². The van der Waals surface area contributed by atoms with Crippen molar-refractivity contribution in [3.8, 4) is 6.07 Å². The van der Waals surface area contributed by atoms with Gasteiger partial charge in [-0.25, -0.2) is 0 Å². The molecule has 2 amide bonds. The predicted molar refractivity (Wildman–Crippen MR) is 93.2 cm³/mol. The van der Waals surface area contributed by atoms with Crippen molar-refractivity contribution in [3.05, 3.63) is 75.8 Å². The number of nitro benzene ring substituents is 1. The summed E-state index contributed by atoms with van der Waals surface area (Å²) in [4.78, 5) is 35.1. The summed E-state index contributed by atoms with van der Waals surface area (Å²) in [5, 5.41) is 24.7. The molecule has 26 heavy (non-hydrogen) atoms. The third-order valence-corrected chi connectivity index (χ3v) is 3.67. The van der Waals surface area contributed by atoms with Crippen molar-refractivity contribution >= 4 is 17.5 Å². The van der Waals surface area contributed by atoms with Gasteiger partial charge in [0.25, 0.3) is 11.6 Å². The van der Waals surface area contributed by atoms with Crippen molar-refractivity contribution in [1.82, 2.24) is 10.6 Å². The van der Waals surface area contributed by atoms with Gasteiger partial charge in [0.1, 0.15) is 12.1 Å². The molecular weight excluding hydrogens is 336 g/mol. The lowest BCUT2D eigenvalue weighted by atomic mass is 9.98. The second kappa shape index (κ2) is 8.94. The molecule has 0 spiro atoms. The van der Waals surface area contributed by atoms with E-state index in [4.69, 9.17) is 5.26 Å². The lowest BCUT2D eigenvalue weighted by molar-refractivity contribution is -0.385. The van der Waals surface area contributed by atoms with Crippen LogP contribution in [0.2, 0.25) is 0 Å². The molecule has 0 saturated heterocycles. The number of benzene rings is 2. The van der Waals surface area contributed by atoms with Crippen LogP contribution in [0.4, 0.5) is 5.69 Å². The zero-order valence-electron chi connectivity index (χ0n) is 13.7. The van der Waals surface area contributed by atoms with E-state index in [1.807, 2.05) is 6.07 Å². The first-order chi connectivity index (χ1) is 12.5. The van der Waals surface area contributed by atoms with E-state index < -0.39 is 22.7 Å². The molecule has 2 aromatic rings. The molecule has 2 rings (SSSR count). The molecule has 0 aliphatic rings. The quantitative estimate of drug-likeness (QED) is 0.446. The minimum atomic E-state index is -0.726. The minimum Gasteiger partial charge on any atom is -0.351 e. The van der Waals surface area contributed by atoms with Crippen molar-refractivity contribution in [1.29, 1.82) is 5.26 Å². The number of amides is 2. The zero-order valence-corrected chi connectivity index (χ0v) is 13.7. The van der Waals surface area contributed by atoms with E-state index in [0.29, 0.717) is 5.56 Å². The number of carbonyl (C=O) groups excluding carboxylic acids is 2. The largest absolute Gasteiger partial charge is 0.351 e. The second-order valence-electron chi connectivity index (χ2n) is 5.32. The van der Waals surface area contributed by atoms with Crippen LogP contribution in [0.3, 0.4) is 0 Å². The van der Waals surface area contributed by atoms with E-state index in [1.165, 1.54) is 24.3 Å². The molecule has 0 bridgehead atoms. The van der Waals surface area contributed by atoms with Gasteiger partial charge in [-0.1, -0.05) is 42.5 Å². The van der Waals surface area contributed by atoms with Gasteiger partial charge in [0, 0.05) is 12.6 Å². The fraction of sp³-hybridized carbons (Fsp3) is 0.167. The Hall–Kier alpha value is -3.73. The summed E-state index contributed by atoms with van der Waals surface area (Å²) < 4.78 is 0. The third kappa shape index (κ3) is 4.64. The number of hydrogen-bond donors (Lipinski definition) is 2. The predicted octanol–water partition coefficient (Wildman–Crippen LogP) is 1.75. The Morgan fingerprint density at radius 1 is 1.08 bits per heavy atom. The SMILES string of the molecule is N#CCNC(=O)C(CNC(=O)c1ccccc1[N+](=O)[O-])c1ccccc1.